The Hall–Kier alpha value is -0.380. The van der Waals surface area contributed by atoms with Crippen molar-refractivity contribution < 1.29 is 4.74 Å². The van der Waals surface area contributed by atoms with Crippen molar-refractivity contribution in [3.8, 4) is 0 Å². The van der Waals surface area contributed by atoms with Crippen molar-refractivity contribution in [3.63, 3.8) is 0 Å². The van der Waals surface area contributed by atoms with Gasteiger partial charge in [0.1, 0.15) is 0 Å². The highest BCUT2D eigenvalue weighted by molar-refractivity contribution is 9.10. The van der Waals surface area contributed by atoms with Crippen molar-refractivity contribution in [2.24, 2.45) is 5.73 Å². The van der Waals surface area contributed by atoms with Gasteiger partial charge in [-0.2, -0.15) is 0 Å². The number of rotatable bonds is 3. The first-order valence-electron chi connectivity index (χ1n) is 5.37. The molecule has 0 radical (unpaired) electrons. The Morgan fingerprint density at radius 3 is 2.60 bits per heavy atom. The van der Waals surface area contributed by atoms with E-state index in [0.717, 1.165) is 17.3 Å². The standard InChI is InChI=1S/C12H16BrNO/c13-10-6-4-9(5-7-10)8-15-12-3-1-2-11(12)14/h4-7,11-12H,1-3,8,14H2. The minimum atomic E-state index is 0.237. The van der Waals surface area contributed by atoms with Crippen LogP contribution in [-0.2, 0) is 11.3 Å². The second-order valence-electron chi connectivity index (χ2n) is 4.07. The molecule has 1 fully saturated rings. The summed E-state index contributed by atoms with van der Waals surface area (Å²) in [6, 6.07) is 8.45. The normalized spacial score (nSPS) is 25.7. The van der Waals surface area contributed by atoms with Gasteiger partial charge in [0.15, 0.2) is 0 Å². The van der Waals surface area contributed by atoms with E-state index in [0.29, 0.717) is 6.61 Å². The summed E-state index contributed by atoms with van der Waals surface area (Å²) in [7, 11) is 0. The molecule has 3 heteroatoms. The molecule has 1 aromatic carbocycles. The molecule has 0 spiro atoms. The SMILES string of the molecule is NC1CCCC1OCc1ccc(Br)cc1. The zero-order chi connectivity index (χ0) is 10.7. The van der Waals surface area contributed by atoms with Gasteiger partial charge in [-0.1, -0.05) is 28.1 Å². The lowest BCUT2D eigenvalue weighted by Gasteiger charge is -2.16. The zero-order valence-corrected chi connectivity index (χ0v) is 10.2. The fourth-order valence-electron chi connectivity index (χ4n) is 1.95. The lowest BCUT2D eigenvalue weighted by atomic mass is 10.2. The number of ether oxygens (including phenoxy) is 1. The van der Waals surface area contributed by atoms with Crippen LogP contribution in [0, 0.1) is 0 Å². The van der Waals surface area contributed by atoms with Crippen molar-refractivity contribution in [2.75, 3.05) is 0 Å². The first-order chi connectivity index (χ1) is 7.25. The van der Waals surface area contributed by atoms with Gasteiger partial charge in [0.25, 0.3) is 0 Å². The Kier molecular flexibility index (Phi) is 3.78. The molecule has 2 rings (SSSR count). The highest BCUT2D eigenvalue weighted by atomic mass is 79.9. The minimum absolute atomic E-state index is 0.237. The third kappa shape index (κ3) is 3.03. The van der Waals surface area contributed by atoms with Crippen LogP contribution in [0.1, 0.15) is 24.8 Å². The molecule has 0 heterocycles. The third-order valence-electron chi connectivity index (χ3n) is 2.88. The summed E-state index contributed by atoms with van der Waals surface area (Å²) < 4.78 is 6.90. The Balaban J connectivity index is 1.85. The molecule has 0 saturated heterocycles. The largest absolute Gasteiger partial charge is 0.372 e. The predicted molar refractivity (Wildman–Crippen MR) is 64.5 cm³/mol. The molecule has 1 aromatic rings. The van der Waals surface area contributed by atoms with Crippen LogP contribution in [0.4, 0.5) is 0 Å². The smallest absolute Gasteiger partial charge is 0.0730 e. The average Bonchev–Trinajstić information content (AvgIpc) is 2.63. The average molecular weight is 270 g/mol. The molecule has 2 N–H and O–H groups in total. The summed E-state index contributed by atoms with van der Waals surface area (Å²) in [6.07, 6.45) is 3.67. The lowest BCUT2D eigenvalue weighted by Crippen LogP contribution is -2.31. The van der Waals surface area contributed by atoms with Crippen LogP contribution in [-0.4, -0.2) is 12.1 Å². The highest BCUT2D eigenvalue weighted by Gasteiger charge is 2.24. The number of nitrogens with two attached hydrogens (primary N) is 1. The monoisotopic (exact) mass is 269 g/mol. The Bertz CT molecular complexity index is 312. The van der Waals surface area contributed by atoms with E-state index in [4.69, 9.17) is 10.5 Å². The fourth-order valence-corrected chi connectivity index (χ4v) is 2.21. The summed E-state index contributed by atoms with van der Waals surface area (Å²) >= 11 is 3.41. The van der Waals surface area contributed by atoms with E-state index in [2.05, 4.69) is 28.1 Å². The summed E-state index contributed by atoms with van der Waals surface area (Å²) in [6.45, 7) is 0.672. The predicted octanol–water partition coefficient (Wildman–Crippen LogP) is 2.85. The van der Waals surface area contributed by atoms with E-state index in [-0.39, 0.29) is 12.1 Å². The van der Waals surface area contributed by atoms with E-state index in [9.17, 15) is 0 Å². The number of benzene rings is 1. The van der Waals surface area contributed by atoms with Gasteiger partial charge in [-0.25, -0.2) is 0 Å². The Labute approximate surface area is 98.9 Å². The quantitative estimate of drug-likeness (QED) is 0.916. The van der Waals surface area contributed by atoms with Gasteiger partial charge in [0, 0.05) is 10.5 Å². The molecule has 0 bridgehead atoms. The highest BCUT2D eigenvalue weighted by Crippen LogP contribution is 2.21. The van der Waals surface area contributed by atoms with E-state index in [1.165, 1.54) is 12.0 Å². The number of hydrogen-bond donors (Lipinski definition) is 1. The molecular formula is C12H16BrNO. The van der Waals surface area contributed by atoms with E-state index in [1.807, 2.05) is 12.1 Å². The summed E-state index contributed by atoms with van der Waals surface area (Å²) in [5, 5.41) is 0. The van der Waals surface area contributed by atoms with Gasteiger partial charge < -0.3 is 10.5 Å². The molecule has 1 aliphatic rings. The molecule has 0 aliphatic heterocycles. The molecule has 2 nitrogen and oxygen atoms in total. The number of hydrogen-bond acceptors (Lipinski definition) is 2. The van der Waals surface area contributed by atoms with Crippen molar-refractivity contribution >= 4 is 15.9 Å². The Morgan fingerprint density at radius 2 is 2.00 bits per heavy atom. The maximum Gasteiger partial charge on any atom is 0.0730 e. The number of halogens is 1. The maximum atomic E-state index is 5.93. The van der Waals surface area contributed by atoms with Crippen LogP contribution in [0.5, 0.6) is 0 Å². The van der Waals surface area contributed by atoms with Crippen LogP contribution in [0.25, 0.3) is 0 Å². The van der Waals surface area contributed by atoms with Crippen LogP contribution in [0.15, 0.2) is 28.7 Å². The van der Waals surface area contributed by atoms with E-state index in [1.54, 1.807) is 0 Å². The fraction of sp³-hybridized carbons (Fsp3) is 0.500. The molecule has 0 amide bonds. The molecule has 2 atom stereocenters. The molecule has 82 valence electrons. The summed E-state index contributed by atoms with van der Waals surface area (Å²) in [5.41, 5.74) is 7.14. The molecule has 0 aromatic heterocycles. The van der Waals surface area contributed by atoms with Gasteiger partial charge in [-0.05, 0) is 37.0 Å². The van der Waals surface area contributed by atoms with Crippen molar-refractivity contribution in [3.05, 3.63) is 34.3 Å². The minimum Gasteiger partial charge on any atom is -0.372 e. The first-order valence-corrected chi connectivity index (χ1v) is 6.16. The third-order valence-corrected chi connectivity index (χ3v) is 3.41. The van der Waals surface area contributed by atoms with Crippen LogP contribution < -0.4 is 5.73 Å². The van der Waals surface area contributed by atoms with Gasteiger partial charge in [-0.15, -0.1) is 0 Å². The Morgan fingerprint density at radius 1 is 1.27 bits per heavy atom. The van der Waals surface area contributed by atoms with E-state index < -0.39 is 0 Å². The van der Waals surface area contributed by atoms with Gasteiger partial charge >= 0.3 is 0 Å². The van der Waals surface area contributed by atoms with Crippen LogP contribution in [0.2, 0.25) is 0 Å². The molecular weight excluding hydrogens is 254 g/mol. The van der Waals surface area contributed by atoms with Gasteiger partial charge in [-0.3, -0.25) is 0 Å². The lowest BCUT2D eigenvalue weighted by molar-refractivity contribution is 0.0357. The molecule has 15 heavy (non-hydrogen) atoms. The second kappa shape index (κ2) is 5.10. The molecule has 1 saturated carbocycles. The second-order valence-corrected chi connectivity index (χ2v) is 4.99. The maximum absolute atomic E-state index is 5.93. The molecule has 2 unspecified atom stereocenters. The molecule has 1 aliphatic carbocycles. The van der Waals surface area contributed by atoms with E-state index >= 15 is 0 Å². The van der Waals surface area contributed by atoms with Crippen molar-refractivity contribution in [1.29, 1.82) is 0 Å². The van der Waals surface area contributed by atoms with Crippen LogP contribution in [0.3, 0.4) is 0 Å². The van der Waals surface area contributed by atoms with Gasteiger partial charge in [0.2, 0.25) is 0 Å². The van der Waals surface area contributed by atoms with Crippen LogP contribution >= 0.6 is 15.9 Å². The topological polar surface area (TPSA) is 35.2 Å². The van der Waals surface area contributed by atoms with Crippen molar-refractivity contribution in [2.45, 2.75) is 38.0 Å². The first kappa shape index (κ1) is 11.1. The zero-order valence-electron chi connectivity index (χ0n) is 8.66. The van der Waals surface area contributed by atoms with Crippen molar-refractivity contribution in [1.82, 2.24) is 0 Å². The van der Waals surface area contributed by atoms with Gasteiger partial charge in [0.05, 0.1) is 12.7 Å². The summed E-state index contributed by atoms with van der Waals surface area (Å²) in [5.74, 6) is 0. The summed E-state index contributed by atoms with van der Waals surface area (Å²) in [4.78, 5) is 0.